The van der Waals surface area contributed by atoms with Gasteiger partial charge in [-0.1, -0.05) is 41.3 Å². The molecule has 0 radical (unpaired) electrons. The molecule has 2 rings (SSSR count). The van der Waals surface area contributed by atoms with Crippen LogP contribution in [-0.4, -0.2) is 0 Å². The molecule has 1 atom stereocenters. The molecule has 0 aromatic heterocycles. The number of rotatable bonds is 3. The van der Waals surface area contributed by atoms with E-state index < -0.39 is 11.7 Å². The van der Waals surface area contributed by atoms with Crippen LogP contribution in [0.2, 0.25) is 0 Å². The van der Waals surface area contributed by atoms with Crippen LogP contribution in [0.15, 0.2) is 22.7 Å². The second-order valence-corrected chi connectivity index (χ2v) is 6.13. The first-order chi connectivity index (χ1) is 9.43. The lowest BCUT2D eigenvalue weighted by Gasteiger charge is -2.30. The van der Waals surface area contributed by atoms with Gasteiger partial charge >= 0.3 is 6.18 Å². The molecule has 6 heteroatoms. The summed E-state index contributed by atoms with van der Waals surface area (Å²) in [4.78, 5) is 0. The Balaban J connectivity index is 2.30. The summed E-state index contributed by atoms with van der Waals surface area (Å²) in [5.41, 5.74) is 2.66. The molecule has 0 aliphatic heterocycles. The molecule has 0 heterocycles. The standard InChI is InChI=1S/C14H18BrF3N2/c15-12-7-6-10(8-11(12)14(16,17)18)13(20-19)9-4-2-1-3-5-9/h6-9,13,20H,1-5,19H2. The Hall–Kier alpha value is -0.590. The molecular formula is C14H18BrF3N2. The van der Waals surface area contributed by atoms with E-state index in [-0.39, 0.29) is 10.5 Å². The number of halogens is 4. The Morgan fingerprint density at radius 1 is 1.20 bits per heavy atom. The van der Waals surface area contributed by atoms with Crippen molar-refractivity contribution in [3.05, 3.63) is 33.8 Å². The topological polar surface area (TPSA) is 38.0 Å². The molecule has 1 unspecified atom stereocenters. The monoisotopic (exact) mass is 350 g/mol. The van der Waals surface area contributed by atoms with Crippen molar-refractivity contribution in [3.63, 3.8) is 0 Å². The number of hydrazine groups is 1. The molecule has 0 amide bonds. The highest BCUT2D eigenvalue weighted by atomic mass is 79.9. The summed E-state index contributed by atoms with van der Waals surface area (Å²) in [6, 6.07) is 4.14. The van der Waals surface area contributed by atoms with Gasteiger partial charge in [-0.15, -0.1) is 0 Å². The zero-order chi connectivity index (χ0) is 14.8. The third kappa shape index (κ3) is 3.54. The molecule has 1 aliphatic carbocycles. The Morgan fingerprint density at radius 2 is 1.85 bits per heavy atom. The van der Waals surface area contributed by atoms with Crippen LogP contribution in [-0.2, 0) is 6.18 Å². The highest BCUT2D eigenvalue weighted by Gasteiger charge is 2.34. The van der Waals surface area contributed by atoms with Gasteiger partial charge in [0.25, 0.3) is 0 Å². The normalized spacial score (nSPS) is 19.1. The second kappa shape index (κ2) is 6.45. The third-order valence-corrected chi connectivity index (χ3v) is 4.65. The Kier molecular flexibility index (Phi) is 5.09. The fraction of sp³-hybridized carbons (Fsp3) is 0.571. The first kappa shape index (κ1) is 15.8. The summed E-state index contributed by atoms with van der Waals surface area (Å²) in [6.07, 6.45) is 1.08. The minimum atomic E-state index is -4.36. The summed E-state index contributed by atoms with van der Waals surface area (Å²) in [5.74, 6) is 5.89. The number of nitrogens with one attached hydrogen (secondary N) is 1. The quantitative estimate of drug-likeness (QED) is 0.619. The van der Waals surface area contributed by atoms with E-state index in [2.05, 4.69) is 21.4 Å². The number of hydrogen-bond acceptors (Lipinski definition) is 2. The molecule has 1 saturated carbocycles. The molecule has 112 valence electrons. The summed E-state index contributed by atoms with van der Waals surface area (Å²) in [5, 5.41) is 0. The second-order valence-electron chi connectivity index (χ2n) is 5.28. The minimum absolute atomic E-state index is 0.0631. The molecule has 1 aromatic carbocycles. The third-order valence-electron chi connectivity index (χ3n) is 3.96. The van der Waals surface area contributed by atoms with Crippen molar-refractivity contribution in [3.8, 4) is 0 Å². The molecule has 20 heavy (non-hydrogen) atoms. The lowest BCUT2D eigenvalue weighted by Crippen LogP contribution is -2.34. The molecular weight excluding hydrogens is 333 g/mol. The highest BCUT2D eigenvalue weighted by molar-refractivity contribution is 9.10. The Morgan fingerprint density at radius 3 is 2.40 bits per heavy atom. The van der Waals surface area contributed by atoms with Gasteiger partial charge in [0.15, 0.2) is 0 Å². The molecule has 1 aliphatic rings. The zero-order valence-corrected chi connectivity index (χ0v) is 12.6. The van der Waals surface area contributed by atoms with Crippen LogP contribution in [0.25, 0.3) is 0 Å². The van der Waals surface area contributed by atoms with Crippen LogP contribution >= 0.6 is 15.9 Å². The lowest BCUT2D eigenvalue weighted by molar-refractivity contribution is -0.138. The van der Waals surface area contributed by atoms with Crippen LogP contribution in [0.5, 0.6) is 0 Å². The smallest absolute Gasteiger partial charge is 0.271 e. The number of alkyl halides is 3. The van der Waals surface area contributed by atoms with E-state index in [0.29, 0.717) is 11.5 Å². The van der Waals surface area contributed by atoms with Crippen molar-refractivity contribution >= 4 is 15.9 Å². The highest BCUT2D eigenvalue weighted by Crippen LogP contribution is 2.39. The van der Waals surface area contributed by atoms with Crippen molar-refractivity contribution in [2.75, 3.05) is 0 Å². The van der Waals surface area contributed by atoms with Gasteiger partial charge in [0, 0.05) is 10.5 Å². The summed E-state index contributed by atoms with van der Waals surface area (Å²) < 4.78 is 38.9. The van der Waals surface area contributed by atoms with Crippen LogP contribution in [0.1, 0.15) is 49.3 Å². The first-order valence-electron chi connectivity index (χ1n) is 6.76. The molecule has 0 spiro atoms. The van der Waals surface area contributed by atoms with E-state index >= 15 is 0 Å². The van der Waals surface area contributed by atoms with Gasteiger partial charge in [0.2, 0.25) is 0 Å². The molecule has 1 aromatic rings. The van der Waals surface area contributed by atoms with E-state index in [1.54, 1.807) is 6.07 Å². The molecule has 3 N–H and O–H groups in total. The SMILES string of the molecule is NNC(c1ccc(Br)c(C(F)(F)F)c1)C1CCCCC1. The van der Waals surface area contributed by atoms with Gasteiger partial charge in [-0.25, -0.2) is 0 Å². The van der Waals surface area contributed by atoms with Gasteiger partial charge in [0.05, 0.1) is 5.56 Å². The average Bonchev–Trinajstić information content (AvgIpc) is 2.41. The maximum Gasteiger partial charge on any atom is 0.417 e. The lowest BCUT2D eigenvalue weighted by atomic mass is 9.81. The Labute approximate surface area is 125 Å². The van der Waals surface area contributed by atoms with Crippen LogP contribution in [0, 0.1) is 5.92 Å². The van der Waals surface area contributed by atoms with Crippen LogP contribution in [0.3, 0.4) is 0 Å². The van der Waals surface area contributed by atoms with Crippen LogP contribution < -0.4 is 11.3 Å². The fourth-order valence-electron chi connectivity index (χ4n) is 2.93. The number of benzene rings is 1. The number of hydrogen-bond donors (Lipinski definition) is 2. The average molecular weight is 351 g/mol. The zero-order valence-electron chi connectivity index (χ0n) is 11.0. The predicted octanol–water partition coefficient (Wildman–Crippen LogP) is 4.55. The first-order valence-corrected chi connectivity index (χ1v) is 7.55. The van der Waals surface area contributed by atoms with E-state index in [9.17, 15) is 13.2 Å². The van der Waals surface area contributed by atoms with Crippen molar-refractivity contribution < 1.29 is 13.2 Å². The van der Waals surface area contributed by atoms with E-state index in [1.807, 2.05) is 0 Å². The van der Waals surface area contributed by atoms with Gasteiger partial charge in [0.1, 0.15) is 0 Å². The minimum Gasteiger partial charge on any atom is -0.271 e. The molecule has 1 fully saturated rings. The molecule has 0 saturated heterocycles. The van der Waals surface area contributed by atoms with Crippen LogP contribution in [0.4, 0.5) is 13.2 Å². The molecule has 0 bridgehead atoms. The van der Waals surface area contributed by atoms with E-state index in [0.717, 1.165) is 25.7 Å². The van der Waals surface area contributed by atoms with Gasteiger partial charge in [-0.05, 0) is 36.5 Å². The maximum absolute atomic E-state index is 13.0. The van der Waals surface area contributed by atoms with E-state index in [1.165, 1.54) is 18.6 Å². The summed E-state index contributed by atoms with van der Waals surface area (Å²) >= 11 is 2.96. The van der Waals surface area contributed by atoms with Crippen molar-refractivity contribution in [1.29, 1.82) is 0 Å². The van der Waals surface area contributed by atoms with Crippen molar-refractivity contribution in [2.45, 2.75) is 44.3 Å². The van der Waals surface area contributed by atoms with Gasteiger partial charge in [-0.3, -0.25) is 11.3 Å². The fourth-order valence-corrected chi connectivity index (χ4v) is 3.40. The molecule has 2 nitrogen and oxygen atoms in total. The van der Waals surface area contributed by atoms with Gasteiger partial charge in [-0.2, -0.15) is 13.2 Å². The maximum atomic E-state index is 13.0. The van der Waals surface area contributed by atoms with E-state index in [4.69, 9.17) is 5.84 Å². The predicted molar refractivity (Wildman–Crippen MR) is 75.8 cm³/mol. The summed E-state index contributed by atoms with van der Waals surface area (Å²) in [7, 11) is 0. The largest absolute Gasteiger partial charge is 0.417 e. The summed E-state index contributed by atoms with van der Waals surface area (Å²) in [6.45, 7) is 0. The number of nitrogens with two attached hydrogens (primary N) is 1. The Bertz CT molecular complexity index is 456. The van der Waals surface area contributed by atoms with Gasteiger partial charge < -0.3 is 0 Å². The van der Waals surface area contributed by atoms with Crippen molar-refractivity contribution in [1.82, 2.24) is 5.43 Å². The van der Waals surface area contributed by atoms with Crippen molar-refractivity contribution in [2.24, 2.45) is 11.8 Å².